The largest absolute Gasteiger partial charge is 0.394 e. The van der Waals surface area contributed by atoms with Gasteiger partial charge in [-0.1, -0.05) is 364 Å². The quantitative estimate of drug-likeness (QED) is 0.0308. The van der Waals surface area contributed by atoms with Gasteiger partial charge in [-0.3, -0.25) is 4.79 Å². The number of nitrogens with one attached hydrogen (secondary N) is 1. The topological polar surface area (TPSA) is 110 Å². The van der Waals surface area contributed by atoms with E-state index in [1.807, 2.05) is 0 Å². The van der Waals surface area contributed by atoms with Gasteiger partial charge >= 0.3 is 0 Å². The summed E-state index contributed by atoms with van der Waals surface area (Å²) >= 11 is 0. The Morgan fingerprint density at radius 1 is 0.305 bits per heavy atom. The van der Waals surface area contributed by atoms with Crippen LogP contribution in [0.15, 0.2) is 48.6 Å². The number of rotatable bonds is 69. The van der Waals surface area contributed by atoms with Crippen molar-refractivity contribution in [3.05, 3.63) is 48.6 Å². The molecule has 1 amide bonds. The fourth-order valence-corrected chi connectivity index (χ4v) is 11.8. The van der Waals surface area contributed by atoms with Crippen LogP contribution in [0.3, 0.4) is 0 Å². The summed E-state index contributed by atoms with van der Waals surface area (Å²) in [5.41, 5.74) is 0. The predicted molar refractivity (Wildman–Crippen MR) is 362 cm³/mol. The molecule has 0 radical (unpaired) electrons. The van der Waals surface area contributed by atoms with E-state index in [4.69, 9.17) is 0 Å². The number of carbonyl (C=O) groups is 1. The van der Waals surface area contributed by atoms with Crippen LogP contribution in [0.2, 0.25) is 0 Å². The molecule has 82 heavy (non-hydrogen) atoms. The molecule has 0 fully saturated rings. The number of hydrogen-bond donors (Lipinski definition) is 5. The Kier molecular flexibility index (Phi) is 68.6. The van der Waals surface area contributed by atoms with Crippen LogP contribution in [-0.4, -0.2) is 57.3 Å². The average Bonchev–Trinajstić information content (AvgIpc) is 3.48. The Hall–Kier alpha value is -1.73. The molecule has 4 atom stereocenters. The van der Waals surface area contributed by atoms with Gasteiger partial charge < -0.3 is 25.7 Å². The highest BCUT2D eigenvalue weighted by Crippen LogP contribution is 2.19. The summed E-state index contributed by atoms with van der Waals surface area (Å²) < 4.78 is 0. The van der Waals surface area contributed by atoms with E-state index in [1.54, 1.807) is 0 Å². The molecule has 6 nitrogen and oxygen atoms in total. The van der Waals surface area contributed by atoms with Crippen molar-refractivity contribution in [2.24, 2.45) is 0 Å². The van der Waals surface area contributed by atoms with Gasteiger partial charge in [0.25, 0.3) is 0 Å². The van der Waals surface area contributed by atoms with Crippen molar-refractivity contribution >= 4 is 5.91 Å². The van der Waals surface area contributed by atoms with Crippen LogP contribution in [-0.2, 0) is 4.79 Å². The number of unbranched alkanes of at least 4 members (excludes halogenated alkanes) is 52. The lowest BCUT2D eigenvalue weighted by molar-refractivity contribution is -0.132. The summed E-state index contributed by atoms with van der Waals surface area (Å²) in [5.74, 6) is -0.592. The lowest BCUT2D eigenvalue weighted by Gasteiger charge is -2.27. The van der Waals surface area contributed by atoms with E-state index >= 15 is 0 Å². The number of carbonyl (C=O) groups excluding carboxylic acids is 1. The summed E-state index contributed by atoms with van der Waals surface area (Å²) in [5, 5.41) is 44.2. The predicted octanol–water partition coefficient (Wildman–Crippen LogP) is 23.2. The number of amides is 1. The highest BCUT2D eigenvalue weighted by molar-refractivity contribution is 5.80. The fraction of sp³-hybridized carbons (Fsp3) is 0.882. The first-order chi connectivity index (χ1) is 40.5. The Labute approximate surface area is 512 Å². The van der Waals surface area contributed by atoms with E-state index in [9.17, 15) is 25.2 Å². The van der Waals surface area contributed by atoms with Gasteiger partial charge in [-0.15, -0.1) is 0 Å². The molecule has 4 unspecified atom stereocenters. The van der Waals surface area contributed by atoms with Crippen molar-refractivity contribution in [1.29, 1.82) is 0 Å². The third kappa shape index (κ3) is 62.8. The van der Waals surface area contributed by atoms with Crippen molar-refractivity contribution in [2.45, 2.75) is 423 Å². The lowest BCUT2D eigenvalue weighted by atomic mass is 10.00. The van der Waals surface area contributed by atoms with E-state index < -0.39 is 36.9 Å². The van der Waals surface area contributed by atoms with Crippen molar-refractivity contribution in [3.63, 3.8) is 0 Å². The first-order valence-electron chi connectivity index (χ1n) is 37.0. The Morgan fingerprint density at radius 2 is 0.549 bits per heavy atom. The van der Waals surface area contributed by atoms with Gasteiger partial charge in [0.1, 0.15) is 12.2 Å². The maximum absolute atomic E-state index is 12.7. The second-order valence-corrected chi connectivity index (χ2v) is 25.6. The molecular formula is C76H145NO5. The van der Waals surface area contributed by atoms with Crippen LogP contribution < -0.4 is 5.32 Å². The van der Waals surface area contributed by atoms with Gasteiger partial charge in [-0.05, 0) is 83.5 Å². The average molecular weight is 1150 g/mol. The minimum absolute atomic E-state index is 0.361. The zero-order valence-corrected chi connectivity index (χ0v) is 55.3. The minimum Gasteiger partial charge on any atom is -0.394 e. The Balaban J connectivity index is 3.57. The van der Waals surface area contributed by atoms with Crippen LogP contribution in [0, 0.1) is 0 Å². The van der Waals surface area contributed by atoms with Gasteiger partial charge in [0.15, 0.2) is 0 Å². The molecule has 0 aromatic rings. The summed E-state index contributed by atoms with van der Waals surface area (Å²) in [7, 11) is 0. The first-order valence-corrected chi connectivity index (χ1v) is 37.0. The third-order valence-corrected chi connectivity index (χ3v) is 17.5. The van der Waals surface area contributed by atoms with Gasteiger partial charge in [-0.25, -0.2) is 0 Å². The first kappa shape index (κ1) is 80.3. The van der Waals surface area contributed by atoms with Crippen LogP contribution in [0.25, 0.3) is 0 Å². The monoisotopic (exact) mass is 1150 g/mol. The molecule has 0 rings (SSSR count). The Bertz CT molecular complexity index is 1340. The van der Waals surface area contributed by atoms with Crippen molar-refractivity contribution in [3.8, 4) is 0 Å². The summed E-state index contributed by atoms with van der Waals surface area (Å²) in [6, 6.07) is -1.01. The minimum atomic E-state index is -1.29. The van der Waals surface area contributed by atoms with Crippen LogP contribution in [0.4, 0.5) is 0 Å². The highest BCUT2D eigenvalue weighted by atomic mass is 16.3. The number of allylic oxidation sites excluding steroid dienone is 8. The Morgan fingerprint density at radius 3 is 0.841 bits per heavy atom. The normalized spacial score (nSPS) is 13.7. The van der Waals surface area contributed by atoms with Gasteiger partial charge in [0.2, 0.25) is 5.91 Å². The van der Waals surface area contributed by atoms with E-state index in [1.165, 1.54) is 321 Å². The highest BCUT2D eigenvalue weighted by Gasteiger charge is 2.28. The maximum atomic E-state index is 12.7. The molecule has 0 aromatic carbocycles. The maximum Gasteiger partial charge on any atom is 0.249 e. The molecule has 0 aromatic heterocycles. The molecule has 0 saturated heterocycles. The fourth-order valence-electron chi connectivity index (χ4n) is 11.8. The van der Waals surface area contributed by atoms with E-state index in [0.717, 1.165) is 44.9 Å². The summed E-state index contributed by atoms with van der Waals surface area (Å²) in [6.07, 6.45) is 92.6. The van der Waals surface area contributed by atoms with Crippen molar-refractivity contribution < 1.29 is 25.2 Å². The van der Waals surface area contributed by atoms with E-state index in [-0.39, 0.29) is 0 Å². The molecule has 0 aliphatic carbocycles. The molecule has 0 aliphatic rings. The summed E-state index contributed by atoms with van der Waals surface area (Å²) in [6.45, 7) is 4.09. The summed E-state index contributed by atoms with van der Waals surface area (Å²) in [4.78, 5) is 12.7. The van der Waals surface area contributed by atoms with Crippen molar-refractivity contribution in [2.75, 3.05) is 6.61 Å². The zero-order chi connectivity index (χ0) is 59.4. The van der Waals surface area contributed by atoms with E-state index in [0.29, 0.717) is 19.3 Å². The molecule has 0 spiro atoms. The second kappa shape index (κ2) is 70.0. The van der Waals surface area contributed by atoms with Crippen molar-refractivity contribution in [1.82, 2.24) is 5.32 Å². The zero-order valence-electron chi connectivity index (χ0n) is 55.3. The molecule has 0 bridgehead atoms. The van der Waals surface area contributed by atoms with E-state index in [2.05, 4.69) is 67.8 Å². The van der Waals surface area contributed by atoms with Gasteiger partial charge in [0.05, 0.1) is 18.8 Å². The molecule has 0 heterocycles. The molecule has 6 heteroatoms. The number of hydrogen-bond acceptors (Lipinski definition) is 5. The molecule has 484 valence electrons. The van der Waals surface area contributed by atoms with Crippen LogP contribution in [0.1, 0.15) is 399 Å². The smallest absolute Gasteiger partial charge is 0.249 e. The SMILES string of the molecule is CCCCCCCCCCCCCCCCC/C=C\C/C=C\CCCCCCCCCCCCCCCCCCC(O)C(=O)NC(CO)C(O)C(O)CCC/C=C/CC/C=C/CCCCCCCCCCCCCCCCCCCCC. The molecule has 5 N–H and O–H groups in total. The standard InChI is InChI=1S/C76H145NO5/c1-3-5-7-9-11-13-15-17-19-21-23-25-27-29-31-33-34-35-36-37-38-39-40-41-42-44-46-48-50-52-54-56-58-60-62-64-66-68-70-74(80)76(82)77-72(71-78)75(81)73(79)69-67-65-63-61-59-57-55-53-51-49-47-45-43-32-30-28-26-24-22-20-18-16-14-12-10-8-6-4-2/h34-35,37-38,53,55,61,63,72-75,78-81H,3-33,36,39-52,54,56-60,62,64-71H2,1-2H3,(H,77,82)/b35-34-,38-37-,55-53+,63-61+. The van der Waals surface area contributed by atoms with Crippen LogP contribution >= 0.6 is 0 Å². The number of aliphatic hydroxyl groups is 4. The molecule has 0 aliphatic heterocycles. The third-order valence-electron chi connectivity index (χ3n) is 17.5. The molecule has 0 saturated carbocycles. The van der Waals surface area contributed by atoms with Gasteiger partial charge in [0, 0.05) is 0 Å². The van der Waals surface area contributed by atoms with Crippen LogP contribution in [0.5, 0.6) is 0 Å². The number of aliphatic hydroxyl groups excluding tert-OH is 4. The molecular weight excluding hydrogens is 1010 g/mol. The van der Waals surface area contributed by atoms with Gasteiger partial charge in [-0.2, -0.15) is 0 Å². The lowest BCUT2D eigenvalue weighted by Crippen LogP contribution is -2.53. The second-order valence-electron chi connectivity index (χ2n) is 25.6.